The molecule has 37 heavy (non-hydrogen) atoms. The molecule has 0 bridgehead atoms. The Hall–Kier alpha value is -3.99. The number of sulfone groups is 1. The second-order valence-electron chi connectivity index (χ2n) is 9.55. The average Bonchev–Trinajstić information content (AvgIpc) is 3.56. The number of rotatable bonds is 6. The van der Waals surface area contributed by atoms with Crippen molar-refractivity contribution in [3.63, 3.8) is 0 Å². The van der Waals surface area contributed by atoms with Gasteiger partial charge in [-0.2, -0.15) is 5.10 Å². The number of likely N-dealkylation sites (N-methyl/N-ethyl adjacent to an activating group) is 1. The van der Waals surface area contributed by atoms with Crippen LogP contribution in [0.25, 0.3) is 0 Å². The minimum Gasteiger partial charge on any atom is -0.478 e. The van der Waals surface area contributed by atoms with Crippen molar-refractivity contribution in [3.8, 4) is 0 Å². The smallest absolute Gasteiger partial charge is 0.335 e. The highest BCUT2D eigenvalue weighted by Crippen LogP contribution is 2.45. The molecular weight excluding hydrogens is 496 g/mol. The fraction of sp³-hybridized carbons (Fsp3) is 0.308. The van der Waals surface area contributed by atoms with Crippen molar-refractivity contribution >= 4 is 44.7 Å². The van der Waals surface area contributed by atoms with E-state index >= 15 is 0 Å². The van der Waals surface area contributed by atoms with Gasteiger partial charge in [-0.25, -0.2) is 13.2 Å². The maximum atomic E-state index is 13.7. The molecule has 2 N–H and O–H groups in total. The lowest BCUT2D eigenvalue weighted by Crippen LogP contribution is -2.33. The lowest BCUT2D eigenvalue weighted by molar-refractivity contribution is -0.121. The van der Waals surface area contributed by atoms with Crippen LogP contribution in [0.3, 0.4) is 0 Å². The minimum atomic E-state index is -3.99. The number of carbonyl (C=O) groups excluding carboxylic acids is 2. The summed E-state index contributed by atoms with van der Waals surface area (Å²) < 4.78 is 26.9. The van der Waals surface area contributed by atoms with Gasteiger partial charge in [0.15, 0.2) is 0 Å². The first kappa shape index (κ1) is 24.7. The summed E-state index contributed by atoms with van der Waals surface area (Å²) in [6.45, 7) is 0. The van der Waals surface area contributed by atoms with Crippen molar-refractivity contribution in [2.75, 3.05) is 23.9 Å². The molecule has 5 rings (SSSR count). The molecule has 1 saturated carbocycles. The molecule has 1 amide bonds. The second-order valence-corrected chi connectivity index (χ2v) is 11.4. The summed E-state index contributed by atoms with van der Waals surface area (Å²) in [5.74, 6) is -1.25. The van der Waals surface area contributed by atoms with E-state index in [0.717, 1.165) is 6.42 Å². The molecule has 2 unspecified atom stereocenters. The van der Waals surface area contributed by atoms with Crippen LogP contribution < -0.4 is 9.80 Å². The Labute approximate surface area is 213 Å². The Balaban J connectivity index is 1.57. The number of nitrogens with one attached hydrogen (secondary N) is 1. The molecule has 2 aromatic carbocycles. The highest BCUT2D eigenvalue weighted by atomic mass is 32.2. The lowest BCUT2D eigenvalue weighted by Gasteiger charge is -2.31. The van der Waals surface area contributed by atoms with E-state index in [0.29, 0.717) is 42.0 Å². The zero-order valence-corrected chi connectivity index (χ0v) is 21.2. The summed E-state index contributed by atoms with van der Waals surface area (Å²) in [5.41, 5.74) is 1.28. The van der Waals surface area contributed by atoms with Gasteiger partial charge in [-0.1, -0.05) is 6.07 Å². The van der Waals surface area contributed by atoms with E-state index in [2.05, 4.69) is 10.2 Å². The molecule has 1 aliphatic heterocycles. The fourth-order valence-electron chi connectivity index (χ4n) is 5.22. The molecule has 1 fully saturated rings. The molecule has 0 radical (unpaired) electrons. The summed E-state index contributed by atoms with van der Waals surface area (Å²) in [6.07, 6.45) is 3.65. The Morgan fingerprint density at radius 3 is 2.59 bits per heavy atom. The third-order valence-corrected chi connectivity index (χ3v) is 9.12. The number of ketones is 1. The molecule has 2 heterocycles. The number of carboxylic acids is 1. The van der Waals surface area contributed by atoms with Gasteiger partial charge in [-0.3, -0.25) is 19.6 Å². The Kier molecular flexibility index (Phi) is 6.10. The van der Waals surface area contributed by atoms with Crippen molar-refractivity contribution in [3.05, 3.63) is 59.8 Å². The number of benzene rings is 2. The number of carbonyl (C=O) groups is 3. The van der Waals surface area contributed by atoms with Crippen molar-refractivity contribution < 1.29 is 27.9 Å². The van der Waals surface area contributed by atoms with Crippen molar-refractivity contribution in [1.29, 1.82) is 0 Å². The van der Waals surface area contributed by atoms with Crippen LogP contribution >= 0.6 is 0 Å². The van der Waals surface area contributed by atoms with Crippen LogP contribution in [0.4, 0.5) is 17.2 Å². The number of amides is 1. The van der Waals surface area contributed by atoms with E-state index < -0.39 is 21.7 Å². The number of carboxylic acid groups (broad SMARTS) is 1. The maximum absolute atomic E-state index is 13.7. The van der Waals surface area contributed by atoms with Gasteiger partial charge in [0.1, 0.15) is 11.6 Å². The summed E-state index contributed by atoms with van der Waals surface area (Å²) in [7, 11) is -0.638. The third kappa shape index (κ3) is 4.29. The van der Waals surface area contributed by atoms with Gasteiger partial charge in [0, 0.05) is 33.0 Å². The molecule has 3 aromatic rings. The Morgan fingerprint density at radius 2 is 1.95 bits per heavy atom. The lowest BCUT2D eigenvalue weighted by atomic mass is 9.86. The number of Topliss-reactive ketones (excluding diaryl/α,β-unsaturated/α-hetero) is 1. The van der Waals surface area contributed by atoms with E-state index in [9.17, 15) is 27.9 Å². The molecule has 0 saturated heterocycles. The molecule has 1 aliphatic carbocycles. The molecule has 10 nitrogen and oxygen atoms in total. The molecule has 1 aromatic heterocycles. The van der Waals surface area contributed by atoms with E-state index in [1.54, 1.807) is 43.4 Å². The Morgan fingerprint density at radius 1 is 1.16 bits per heavy atom. The van der Waals surface area contributed by atoms with Crippen molar-refractivity contribution in [2.45, 2.75) is 41.4 Å². The number of hydrogen-bond acceptors (Lipinski definition) is 7. The molecular formula is C26H26N4O6S. The maximum Gasteiger partial charge on any atom is 0.335 e. The van der Waals surface area contributed by atoms with E-state index in [1.807, 2.05) is 0 Å². The van der Waals surface area contributed by atoms with Crippen molar-refractivity contribution in [2.24, 2.45) is 5.92 Å². The SMILES string of the molecule is CN(C(=O)C(CC1CCC(=O)C1)c1ccc2c(c1)N(C)c1ccc(C(=O)O)cc1S2(=O)=O)c1ccn[nH]1. The van der Waals surface area contributed by atoms with Crippen LogP contribution in [0.5, 0.6) is 0 Å². The van der Waals surface area contributed by atoms with Gasteiger partial charge in [0.25, 0.3) is 0 Å². The highest BCUT2D eigenvalue weighted by Gasteiger charge is 2.36. The second kappa shape index (κ2) is 9.15. The minimum absolute atomic E-state index is 0.0398. The van der Waals surface area contributed by atoms with Gasteiger partial charge in [-0.15, -0.1) is 0 Å². The molecule has 2 aliphatic rings. The summed E-state index contributed by atoms with van der Waals surface area (Å²) in [6, 6.07) is 10.5. The number of nitrogens with zero attached hydrogens (tertiary/aromatic N) is 3. The molecule has 192 valence electrons. The number of H-pyrrole nitrogens is 1. The number of aromatic amines is 1. The van der Waals surface area contributed by atoms with Gasteiger partial charge >= 0.3 is 5.97 Å². The average molecular weight is 523 g/mol. The fourth-order valence-corrected chi connectivity index (χ4v) is 6.94. The van der Waals surface area contributed by atoms with E-state index in [-0.39, 0.29) is 33.0 Å². The van der Waals surface area contributed by atoms with Gasteiger partial charge in [0.2, 0.25) is 15.7 Å². The van der Waals surface area contributed by atoms with Crippen LogP contribution in [0.15, 0.2) is 58.5 Å². The number of aromatic nitrogens is 2. The van der Waals surface area contributed by atoms with Gasteiger partial charge in [0.05, 0.1) is 38.8 Å². The molecule has 0 spiro atoms. The number of fused-ring (bicyclic) bond motifs is 2. The van der Waals surface area contributed by atoms with Crippen LogP contribution in [0, 0.1) is 5.92 Å². The summed E-state index contributed by atoms with van der Waals surface area (Å²) in [5, 5.41) is 16.0. The monoisotopic (exact) mass is 522 g/mol. The predicted octanol–water partition coefficient (Wildman–Crippen LogP) is 3.53. The predicted molar refractivity (Wildman–Crippen MR) is 135 cm³/mol. The first-order valence-corrected chi connectivity index (χ1v) is 13.3. The molecule has 2 atom stereocenters. The third-order valence-electron chi connectivity index (χ3n) is 7.29. The van der Waals surface area contributed by atoms with Crippen molar-refractivity contribution in [1.82, 2.24) is 10.2 Å². The van der Waals surface area contributed by atoms with Crippen LogP contribution in [-0.4, -0.2) is 55.5 Å². The zero-order chi connectivity index (χ0) is 26.5. The van der Waals surface area contributed by atoms with E-state index in [1.165, 1.54) is 29.2 Å². The van der Waals surface area contributed by atoms with Crippen LogP contribution in [0.2, 0.25) is 0 Å². The topological polar surface area (TPSA) is 141 Å². The zero-order valence-electron chi connectivity index (χ0n) is 20.3. The number of hydrogen-bond donors (Lipinski definition) is 2. The standard InChI is InChI=1S/C26H26N4O6S/c1-29-20-7-4-17(26(33)34)14-23(20)37(35,36)22-8-5-16(13-21(22)29)19(12-15-3-6-18(31)11-15)25(32)30(2)24-9-10-27-28-24/h4-5,7-10,13-15,19H,3,6,11-12H2,1-2H3,(H,27,28)(H,33,34). The van der Waals surface area contributed by atoms with Gasteiger partial charge < -0.3 is 10.0 Å². The largest absolute Gasteiger partial charge is 0.478 e. The number of anilines is 3. The quantitative estimate of drug-likeness (QED) is 0.501. The first-order valence-electron chi connectivity index (χ1n) is 11.9. The van der Waals surface area contributed by atoms with Crippen LogP contribution in [-0.2, 0) is 19.4 Å². The first-order chi connectivity index (χ1) is 17.6. The summed E-state index contributed by atoms with van der Waals surface area (Å²) >= 11 is 0. The normalized spacial score (nSPS) is 18.7. The van der Waals surface area contributed by atoms with Gasteiger partial charge in [-0.05, 0) is 54.7 Å². The van der Waals surface area contributed by atoms with Crippen LogP contribution in [0.1, 0.15) is 47.5 Å². The Bertz CT molecular complexity index is 1520. The number of aromatic carboxylic acids is 1. The summed E-state index contributed by atoms with van der Waals surface area (Å²) in [4.78, 5) is 40.2. The highest BCUT2D eigenvalue weighted by molar-refractivity contribution is 7.92. The molecule has 11 heteroatoms. The van der Waals surface area contributed by atoms with E-state index in [4.69, 9.17) is 0 Å².